The van der Waals surface area contributed by atoms with Gasteiger partial charge in [-0.1, -0.05) is 54.1 Å². The van der Waals surface area contributed by atoms with Crippen LogP contribution in [0, 0.1) is 6.92 Å². The van der Waals surface area contributed by atoms with E-state index in [4.69, 9.17) is 9.72 Å². The van der Waals surface area contributed by atoms with Crippen LogP contribution in [-0.2, 0) is 0 Å². The highest BCUT2D eigenvalue weighted by Gasteiger charge is 2.16. The molecule has 128 valence electrons. The summed E-state index contributed by atoms with van der Waals surface area (Å²) in [5.74, 6) is 0.860. The van der Waals surface area contributed by atoms with E-state index in [1.807, 2.05) is 18.2 Å². The molecule has 4 rings (SSSR count). The van der Waals surface area contributed by atoms with E-state index in [1.165, 1.54) is 10.4 Å². The van der Waals surface area contributed by atoms with Crippen LogP contribution in [0.15, 0.2) is 78.9 Å². The summed E-state index contributed by atoms with van der Waals surface area (Å²) in [6.07, 6.45) is 0. The van der Waals surface area contributed by atoms with E-state index in [9.17, 15) is 0 Å². The molecule has 0 unspecified atom stereocenters. The lowest BCUT2D eigenvalue weighted by Gasteiger charge is -2.05. The zero-order valence-electron chi connectivity index (χ0n) is 14.8. The van der Waals surface area contributed by atoms with Crippen LogP contribution in [0.2, 0.25) is 0 Å². The highest BCUT2D eigenvalue weighted by molar-refractivity contribution is 7.19. The fourth-order valence-corrected chi connectivity index (χ4v) is 4.05. The van der Waals surface area contributed by atoms with Gasteiger partial charge in [0.25, 0.3) is 0 Å². The number of ether oxygens (including phenoxy) is 1. The van der Waals surface area contributed by atoms with Gasteiger partial charge in [0.05, 0.1) is 17.7 Å². The van der Waals surface area contributed by atoms with Gasteiger partial charge in [0, 0.05) is 11.1 Å². The Morgan fingerprint density at radius 2 is 1.50 bits per heavy atom. The second-order valence-electron chi connectivity index (χ2n) is 6.16. The Hall–Kier alpha value is -2.91. The van der Waals surface area contributed by atoms with Crippen molar-refractivity contribution in [2.45, 2.75) is 6.92 Å². The smallest absolute Gasteiger partial charge is 0.124 e. The molecule has 0 radical (unpaired) electrons. The summed E-state index contributed by atoms with van der Waals surface area (Å²) in [5.41, 5.74) is 5.71. The van der Waals surface area contributed by atoms with Crippen molar-refractivity contribution in [1.29, 1.82) is 0 Å². The molecule has 0 saturated heterocycles. The predicted molar refractivity (Wildman–Crippen MR) is 110 cm³/mol. The molecule has 0 atom stereocenters. The highest BCUT2D eigenvalue weighted by Crippen LogP contribution is 2.41. The molecule has 0 fully saturated rings. The molecule has 0 aliphatic carbocycles. The maximum absolute atomic E-state index is 5.30. The largest absolute Gasteiger partial charge is 0.497 e. The van der Waals surface area contributed by atoms with Crippen LogP contribution in [0.4, 0.5) is 0 Å². The van der Waals surface area contributed by atoms with Crippen LogP contribution < -0.4 is 4.74 Å². The van der Waals surface area contributed by atoms with E-state index in [1.54, 1.807) is 18.4 Å². The molecular weight excluding hydrogens is 338 g/mol. The first-order valence-corrected chi connectivity index (χ1v) is 9.34. The van der Waals surface area contributed by atoms with Gasteiger partial charge in [0.1, 0.15) is 10.8 Å². The van der Waals surface area contributed by atoms with Crippen molar-refractivity contribution >= 4 is 11.3 Å². The minimum absolute atomic E-state index is 0.860. The monoisotopic (exact) mass is 357 g/mol. The number of aryl methyl sites for hydroxylation is 1. The lowest BCUT2D eigenvalue weighted by Crippen LogP contribution is -1.85. The lowest BCUT2D eigenvalue weighted by molar-refractivity contribution is 0.415. The predicted octanol–water partition coefficient (Wildman–Crippen LogP) is 6.46. The van der Waals surface area contributed by atoms with Crippen LogP contribution in [0.1, 0.15) is 5.56 Å². The van der Waals surface area contributed by atoms with E-state index in [0.29, 0.717) is 0 Å². The van der Waals surface area contributed by atoms with E-state index in [-0.39, 0.29) is 0 Å². The summed E-state index contributed by atoms with van der Waals surface area (Å²) < 4.78 is 5.30. The Morgan fingerprint density at radius 1 is 0.769 bits per heavy atom. The molecule has 0 aliphatic rings. The third kappa shape index (κ3) is 3.26. The second-order valence-corrected chi connectivity index (χ2v) is 7.16. The average molecular weight is 357 g/mol. The van der Waals surface area contributed by atoms with E-state index in [2.05, 4.69) is 67.6 Å². The number of nitrogens with zero attached hydrogens (tertiary/aromatic N) is 1. The van der Waals surface area contributed by atoms with Gasteiger partial charge in [-0.3, -0.25) is 0 Å². The van der Waals surface area contributed by atoms with Gasteiger partial charge in [-0.05, 0) is 42.8 Å². The van der Waals surface area contributed by atoms with Crippen molar-refractivity contribution in [3.8, 4) is 38.0 Å². The van der Waals surface area contributed by atoms with Gasteiger partial charge >= 0.3 is 0 Å². The maximum atomic E-state index is 5.30. The Kier molecular flexibility index (Phi) is 4.55. The standard InChI is InChI=1S/C23H19NOS/c1-16-7-6-10-19(15-16)21-22(17-11-13-20(25-2)14-12-17)26-23(24-21)18-8-4-3-5-9-18/h3-15H,1-2H3. The summed E-state index contributed by atoms with van der Waals surface area (Å²) in [7, 11) is 1.69. The number of hydrogen-bond acceptors (Lipinski definition) is 3. The number of thiazole rings is 1. The molecule has 4 aromatic rings. The molecule has 0 bridgehead atoms. The molecular formula is C23H19NOS. The van der Waals surface area contributed by atoms with E-state index < -0.39 is 0 Å². The minimum Gasteiger partial charge on any atom is -0.497 e. The summed E-state index contributed by atoms with van der Waals surface area (Å²) in [6.45, 7) is 2.11. The molecule has 3 heteroatoms. The summed E-state index contributed by atoms with van der Waals surface area (Å²) in [4.78, 5) is 6.18. The Balaban J connectivity index is 1.88. The Bertz CT molecular complexity index is 1020. The Morgan fingerprint density at radius 3 is 2.19 bits per heavy atom. The van der Waals surface area contributed by atoms with Gasteiger partial charge in [0.2, 0.25) is 0 Å². The van der Waals surface area contributed by atoms with Crippen LogP contribution in [0.5, 0.6) is 5.75 Å². The third-order valence-corrected chi connectivity index (χ3v) is 5.45. The van der Waals surface area contributed by atoms with E-state index >= 15 is 0 Å². The topological polar surface area (TPSA) is 22.1 Å². The van der Waals surface area contributed by atoms with Gasteiger partial charge in [-0.25, -0.2) is 4.98 Å². The Labute approximate surface area is 157 Å². The van der Waals surface area contributed by atoms with Crippen molar-refractivity contribution in [3.05, 3.63) is 84.4 Å². The number of rotatable bonds is 4. The molecule has 0 aliphatic heterocycles. The first kappa shape index (κ1) is 16.6. The van der Waals surface area contributed by atoms with Crippen molar-refractivity contribution in [3.63, 3.8) is 0 Å². The fourth-order valence-electron chi connectivity index (χ4n) is 2.95. The number of aromatic nitrogens is 1. The summed E-state index contributed by atoms with van der Waals surface area (Å²) in [5, 5.41) is 1.04. The zero-order valence-corrected chi connectivity index (χ0v) is 15.6. The molecule has 26 heavy (non-hydrogen) atoms. The molecule has 0 spiro atoms. The molecule has 0 saturated carbocycles. The highest BCUT2D eigenvalue weighted by atomic mass is 32.1. The maximum Gasteiger partial charge on any atom is 0.124 e. The zero-order chi connectivity index (χ0) is 17.9. The molecule has 0 N–H and O–H groups in total. The van der Waals surface area contributed by atoms with Crippen LogP contribution in [0.25, 0.3) is 32.3 Å². The molecule has 3 aromatic carbocycles. The quantitative estimate of drug-likeness (QED) is 0.418. The first-order chi connectivity index (χ1) is 12.7. The van der Waals surface area contributed by atoms with Crippen LogP contribution in [-0.4, -0.2) is 12.1 Å². The van der Waals surface area contributed by atoms with Crippen molar-refractivity contribution in [1.82, 2.24) is 4.98 Å². The number of methoxy groups -OCH3 is 1. The van der Waals surface area contributed by atoms with Gasteiger partial charge in [-0.15, -0.1) is 11.3 Å². The molecule has 1 aromatic heterocycles. The fraction of sp³-hybridized carbons (Fsp3) is 0.0870. The van der Waals surface area contributed by atoms with Crippen molar-refractivity contribution in [2.24, 2.45) is 0 Å². The normalized spacial score (nSPS) is 10.7. The van der Waals surface area contributed by atoms with Crippen LogP contribution in [0.3, 0.4) is 0 Å². The average Bonchev–Trinajstić information content (AvgIpc) is 3.14. The lowest BCUT2D eigenvalue weighted by atomic mass is 10.0. The number of hydrogen-bond donors (Lipinski definition) is 0. The van der Waals surface area contributed by atoms with Crippen molar-refractivity contribution in [2.75, 3.05) is 7.11 Å². The summed E-state index contributed by atoms with van der Waals surface area (Å²) in [6, 6.07) is 27.1. The third-order valence-electron chi connectivity index (χ3n) is 4.29. The second kappa shape index (κ2) is 7.14. The molecule has 0 amide bonds. The van der Waals surface area contributed by atoms with Gasteiger partial charge in [0.15, 0.2) is 0 Å². The van der Waals surface area contributed by atoms with Crippen LogP contribution >= 0.6 is 11.3 Å². The first-order valence-electron chi connectivity index (χ1n) is 8.52. The van der Waals surface area contributed by atoms with E-state index in [0.717, 1.165) is 33.1 Å². The number of benzene rings is 3. The SMILES string of the molecule is COc1ccc(-c2sc(-c3ccccc3)nc2-c2cccc(C)c2)cc1. The molecule has 2 nitrogen and oxygen atoms in total. The van der Waals surface area contributed by atoms with Crippen molar-refractivity contribution < 1.29 is 4.74 Å². The van der Waals surface area contributed by atoms with Gasteiger partial charge in [-0.2, -0.15) is 0 Å². The van der Waals surface area contributed by atoms with Gasteiger partial charge < -0.3 is 4.74 Å². The minimum atomic E-state index is 0.860. The summed E-state index contributed by atoms with van der Waals surface area (Å²) >= 11 is 1.73. The molecule has 1 heterocycles.